The van der Waals surface area contributed by atoms with Gasteiger partial charge in [-0.15, -0.1) is 10.2 Å². The van der Waals surface area contributed by atoms with E-state index in [0.717, 1.165) is 41.8 Å². The van der Waals surface area contributed by atoms with Gasteiger partial charge in [-0.25, -0.2) is 0 Å². The van der Waals surface area contributed by atoms with Crippen LogP contribution < -0.4 is 5.32 Å². The number of carbonyl (C=O) groups is 1. The Morgan fingerprint density at radius 3 is 2.95 bits per heavy atom. The number of amides is 1. The Morgan fingerprint density at radius 1 is 1.41 bits per heavy atom. The van der Waals surface area contributed by atoms with Crippen LogP contribution in [-0.2, 0) is 13.0 Å². The minimum Gasteiger partial charge on any atom is -0.350 e. The Morgan fingerprint density at radius 2 is 2.23 bits per heavy atom. The van der Waals surface area contributed by atoms with Gasteiger partial charge in [0.25, 0.3) is 5.91 Å². The number of thioether (sulfide) groups is 1. The Kier molecular flexibility index (Phi) is 6.00. The Labute approximate surface area is 134 Å². The monoisotopic (exact) mass is 322 g/mol. The molecule has 2 heterocycles. The number of nitrogens with zero attached hydrogens (tertiary/aromatic N) is 4. The SMILES string of the molecule is CCCc1cc(C(=O)NCCSc2nnc(C)n2CC)n[nH]1. The van der Waals surface area contributed by atoms with Gasteiger partial charge in [0, 0.05) is 24.5 Å². The second-order valence-corrected chi connectivity index (χ2v) is 5.97. The van der Waals surface area contributed by atoms with Gasteiger partial charge in [-0.3, -0.25) is 9.89 Å². The van der Waals surface area contributed by atoms with E-state index in [4.69, 9.17) is 0 Å². The standard InChI is InChI=1S/C14H22N6OS/c1-4-6-11-9-12(18-17-11)13(21)15-7-8-22-14-19-16-10(3)20(14)5-2/h9H,4-8H2,1-3H3,(H,15,21)(H,17,18). The van der Waals surface area contributed by atoms with Crippen molar-refractivity contribution in [3.63, 3.8) is 0 Å². The van der Waals surface area contributed by atoms with E-state index < -0.39 is 0 Å². The molecule has 0 saturated carbocycles. The molecule has 0 spiro atoms. The maximum atomic E-state index is 12.0. The molecular formula is C14H22N6OS. The first-order valence-electron chi connectivity index (χ1n) is 7.50. The molecular weight excluding hydrogens is 300 g/mol. The van der Waals surface area contributed by atoms with Crippen molar-refractivity contribution in [3.05, 3.63) is 23.3 Å². The summed E-state index contributed by atoms with van der Waals surface area (Å²) in [4.78, 5) is 12.0. The highest BCUT2D eigenvalue weighted by Crippen LogP contribution is 2.15. The lowest BCUT2D eigenvalue weighted by Crippen LogP contribution is -2.26. The number of nitrogens with one attached hydrogen (secondary N) is 2. The highest BCUT2D eigenvalue weighted by atomic mass is 32.2. The zero-order valence-corrected chi connectivity index (χ0v) is 14.0. The Bertz CT molecular complexity index is 621. The van der Waals surface area contributed by atoms with E-state index in [0.29, 0.717) is 12.2 Å². The summed E-state index contributed by atoms with van der Waals surface area (Å²) in [6.45, 7) is 7.51. The third-order valence-electron chi connectivity index (χ3n) is 3.22. The molecule has 0 saturated heterocycles. The average Bonchev–Trinajstić information content (AvgIpc) is 3.11. The number of hydrogen-bond acceptors (Lipinski definition) is 5. The van der Waals surface area contributed by atoms with Crippen LogP contribution in [0.3, 0.4) is 0 Å². The summed E-state index contributed by atoms with van der Waals surface area (Å²) in [5.74, 6) is 1.51. The lowest BCUT2D eigenvalue weighted by atomic mass is 10.2. The summed E-state index contributed by atoms with van der Waals surface area (Å²) in [6, 6.07) is 1.81. The van der Waals surface area contributed by atoms with Crippen LogP contribution in [0.25, 0.3) is 0 Å². The molecule has 0 aliphatic carbocycles. The van der Waals surface area contributed by atoms with Crippen molar-refractivity contribution >= 4 is 17.7 Å². The van der Waals surface area contributed by atoms with Crippen LogP contribution in [0.5, 0.6) is 0 Å². The number of aromatic nitrogens is 5. The normalized spacial score (nSPS) is 10.9. The van der Waals surface area contributed by atoms with Gasteiger partial charge >= 0.3 is 0 Å². The van der Waals surface area contributed by atoms with E-state index in [-0.39, 0.29) is 5.91 Å². The van der Waals surface area contributed by atoms with Crippen LogP contribution in [0.15, 0.2) is 11.2 Å². The molecule has 7 nitrogen and oxygen atoms in total. The predicted octanol–water partition coefficient (Wildman–Crippen LogP) is 1.80. The Hall–Kier alpha value is -1.83. The van der Waals surface area contributed by atoms with Crippen LogP contribution in [0.1, 0.15) is 42.3 Å². The maximum Gasteiger partial charge on any atom is 0.271 e. The molecule has 0 bridgehead atoms. The molecule has 120 valence electrons. The molecule has 0 aliphatic rings. The van der Waals surface area contributed by atoms with Crippen molar-refractivity contribution in [3.8, 4) is 0 Å². The van der Waals surface area contributed by atoms with E-state index in [9.17, 15) is 4.79 Å². The molecule has 8 heteroatoms. The zero-order chi connectivity index (χ0) is 15.9. The highest BCUT2D eigenvalue weighted by Gasteiger charge is 2.11. The van der Waals surface area contributed by atoms with Crippen LogP contribution in [-0.4, -0.2) is 43.2 Å². The van der Waals surface area contributed by atoms with E-state index in [1.807, 2.05) is 13.0 Å². The molecule has 0 fully saturated rings. The van der Waals surface area contributed by atoms with Crippen molar-refractivity contribution in [1.82, 2.24) is 30.3 Å². The topological polar surface area (TPSA) is 88.5 Å². The second kappa shape index (κ2) is 7.98. The molecule has 2 aromatic heterocycles. The summed E-state index contributed by atoms with van der Waals surface area (Å²) in [6.07, 6.45) is 1.93. The average molecular weight is 322 g/mol. The summed E-state index contributed by atoms with van der Waals surface area (Å²) in [5, 5.41) is 18.9. The zero-order valence-electron chi connectivity index (χ0n) is 13.2. The summed E-state index contributed by atoms with van der Waals surface area (Å²) < 4.78 is 2.05. The lowest BCUT2D eigenvalue weighted by Gasteiger charge is -2.05. The molecule has 0 radical (unpaired) electrons. The molecule has 0 aromatic carbocycles. The fraction of sp³-hybridized carbons (Fsp3) is 0.571. The number of aryl methyl sites for hydroxylation is 2. The lowest BCUT2D eigenvalue weighted by molar-refractivity contribution is 0.0951. The van der Waals surface area contributed by atoms with E-state index in [1.165, 1.54) is 0 Å². The molecule has 1 amide bonds. The molecule has 0 unspecified atom stereocenters. The minimum atomic E-state index is -0.146. The van der Waals surface area contributed by atoms with Gasteiger partial charge in [0.05, 0.1) is 0 Å². The van der Waals surface area contributed by atoms with Crippen molar-refractivity contribution in [1.29, 1.82) is 0 Å². The van der Waals surface area contributed by atoms with Crippen LogP contribution in [0.4, 0.5) is 0 Å². The summed E-state index contributed by atoms with van der Waals surface area (Å²) >= 11 is 1.59. The second-order valence-electron chi connectivity index (χ2n) is 4.91. The fourth-order valence-electron chi connectivity index (χ4n) is 2.11. The first kappa shape index (κ1) is 16.5. The largest absolute Gasteiger partial charge is 0.350 e. The number of carbonyl (C=O) groups excluding carboxylic acids is 1. The quantitative estimate of drug-likeness (QED) is 0.571. The van der Waals surface area contributed by atoms with E-state index in [1.54, 1.807) is 11.8 Å². The van der Waals surface area contributed by atoms with Gasteiger partial charge in [0.1, 0.15) is 11.5 Å². The van der Waals surface area contributed by atoms with Gasteiger partial charge in [0.15, 0.2) is 5.16 Å². The first-order chi connectivity index (χ1) is 10.7. The molecule has 2 rings (SSSR count). The van der Waals surface area contributed by atoms with Crippen LogP contribution >= 0.6 is 11.8 Å². The summed E-state index contributed by atoms with van der Waals surface area (Å²) in [5.41, 5.74) is 1.44. The van der Waals surface area contributed by atoms with Crippen molar-refractivity contribution < 1.29 is 4.79 Å². The van der Waals surface area contributed by atoms with Crippen molar-refractivity contribution in [2.45, 2.75) is 45.3 Å². The van der Waals surface area contributed by atoms with Crippen molar-refractivity contribution in [2.24, 2.45) is 0 Å². The summed E-state index contributed by atoms with van der Waals surface area (Å²) in [7, 11) is 0. The van der Waals surface area contributed by atoms with Crippen molar-refractivity contribution in [2.75, 3.05) is 12.3 Å². The van der Waals surface area contributed by atoms with E-state index >= 15 is 0 Å². The van der Waals surface area contributed by atoms with Gasteiger partial charge in [0.2, 0.25) is 0 Å². The fourth-order valence-corrected chi connectivity index (χ4v) is 3.01. The van der Waals surface area contributed by atoms with Gasteiger partial charge < -0.3 is 9.88 Å². The predicted molar refractivity (Wildman–Crippen MR) is 86.1 cm³/mol. The maximum absolute atomic E-state index is 12.0. The molecule has 2 N–H and O–H groups in total. The molecule has 0 aliphatic heterocycles. The number of aromatic amines is 1. The minimum absolute atomic E-state index is 0.146. The third-order valence-corrected chi connectivity index (χ3v) is 4.19. The van der Waals surface area contributed by atoms with Crippen LogP contribution in [0, 0.1) is 6.92 Å². The van der Waals surface area contributed by atoms with E-state index in [2.05, 4.69) is 44.1 Å². The number of hydrogen-bond donors (Lipinski definition) is 2. The number of rotatable bonds is 8. The molecule has 22 heavy (non-hydrogen) atoms. The van der Waals surface area contributed by atoms with Gasteiger partial charge in [-0.2, -0.15) is 5.10 Å². The number of H-pyrrole nitrogens is 1. The Balaban J connectivity index is 1.77. The van der Waals surface area contributed by atoms with Gasteiger partial charge in [-0.1, -0.05) is 25.1 Å². The van der Waals surface area contributed by atoms with Gasteiger partial charge in [-0.05, 0) is 26.3 Å². The molecule has 2 aromatic rings. The first-order valence-corrected chi connectivity index (χ1v) is 8.49. The molecule has 0 atom stereocenters. The highest BCUT2D eigenvalue weighted by molar-refractivity contribution is 7.99. The third kappa shape index (κ3) is 4.09. The van der Waals surface area contributed by atoms with Crippen LogP contribution in [0.2, 0.25) is 0 Å². The smallest absolute Gasteiger partial charge is 0.271 e.